The molecule has 0 radical (unpaired) electrons. The van der Waals surface area contributed by atoms with Crippen molar-refractivity contribution in [1.82, 2.24) is 9.71 Å². The van der Waals surface area contributed by atoms with Crippen LogP contribution in [-0.4, -0.2) is 25.2 Å². The van der Waals surface area contributed by atoms with Crippen molar-refractivity contribution < 1.29 is 8.42 Å². The Morgan fingerprint density at radius 2 is 2.19 bits per heavy atom. The van der Waals surface area contributed by atoms with Crippen molar-refractivity contribution in [3.63, 3.8) is 0 Å². The molecular weight excluding hydrogens is 244 g/mol. The van der Waals surface area contributed by atoms with Crippen molar-refractivity contribution >= 4 is 21.4 Å². The zero-order valence-electron chi connectivity index (χ0n) is 9.05. The number of hydrogen-bond acceptors (Lipinski definition) is 4. The number of rotatable bonds is 5. The third-order valence-corrected chi connectivity index (χ3v) is 5.50. The number of hydrogen-bond donors (Lipinski definition) is 1. The van der Waals surface area contributed by atoms with Crippen LogP contribution in [0.1, 0.15) is 31.4 Å². The van der Waals surface area contributed by atoms with Gasteiger partial charge in [0.2, 0.25) is 10.0 Å². The van der Waals surface area contributed by atoms with Crippen LogP contribution in [0.5, 0.6) is 0 Å². The van der Waals surface area contributed by atoms with Crippen molar-refractivity contribution in [2.75, 3.05) is 6.54 Å². The molecule has 1 N–H and O–H groups in total. The fraction of sp³-hybridized carbons (Fsp3) is 0.700. The highest BCUT2D eigenvalue weighted by Gasteiger charge is 2.27. The Balaban J connectivity index is 1.80. The van der Waals surface area contributed by atoms with E-state index in [1.807, 2.05) is 5.38 Å². The molecule has 1 fully saturated rings. The fourth-order valence-corrected chi connectivity index (χ4v) is 4.17. The van der Waals surface area contributed by atoms with Crippen LogP contribution in [0.3, 0.4) is 0 Å². The molecule has 16 heavy (non-hydrogen) atoms. The van der Waals surface area contributed by atoms with E-state index in [2.05, 4.69) is 9.71 Å². The topological polar surface area (TPSA) is 59.1 Å². The van der Waals surface area contributed by atoms with Gasteiger partial charge in [-0.1, -0.05) is 12.8 Å². The normalized spacial score (nSPS) is 18.0. The van der Waals surface area contributed by atoms with Crippen LogP contribution < -0.4 is 4.72 Å². The van der Waals surface area contributed by atoms with Crippen LogP contribution >= 0.6 is 11.3 Å². The van der Waals surface area contributed by atoms with Gasteiger partial charge in [-0.05, 0) is 12.8 Å². The van der Waals surface area contributed by atoms with E-state index in [9.17, 15) is 8.42 Å². The van der Waals surface area contributed by atoms with E-state index < -0.39 is 10.0 Å². The fourth-order valence-electron chi connectivity index (χ4n) is 2.00. The van der Waals surface area contributed by atoms with Crippen molar-refractivity contribution in [3.05, 3.63) is 16.6 Å². The van der Waals surface area contributed by atoms with Gasteiger partial charge in [-0.15, -0.1) is 11.3 Å². The Morgan fingerprint density at radius 3 is 2.81 bits per heavy atom. The first-order chi connectivity index (χ1) is 7.68. The second-order valence-electron chi connectivity index (χ2n) is 4.08. The van der Waals surface area contributed by atoms with Crippen LogP contribution in [0.4, 0.5) is 0 Å². The Kier molecular flexibility index (Phi) is 3.94. The molecule has 6 heteroatoms. The van der Waals surface area contributed by atoms with Gasteiger partial charge in [0, 0.05) is 18.3 Å². The molecule has 0 amide bonds. The van der Waals surface area contributed by atoms with Crippen LogP contribution in [0.15, 0.2) is 10.9 Å². The SMILES string of the molecule is O=S(=O)(NCCc1cscn1)C1CCCC1. The number of aromatic nitrogens is 1. The summed E-state index contributed by atoms with van der Waals surface area (Å²) in [5.41, 5.74) is 2.72. The molecule has 0 unspecified atom stereocenters. The molecule has 2 rings (SSSR count). The van der Waals surface area contributed by atoms with E-state index in [1.54, 1.807) is 5.51 Å². The minimum absolute atomic E-state index is 0.164. The van der Waals surface area contributed by atoms with E-state index in [4.69, 9.17) is 0 Å². The second-order valence-corrected chi connectivity index (χ2v) is 6.84. The molecule has 0 spiro atoms. The summed E-state index contributed by atoms with van der Waals surface area (Å²) >= 11 is 1.53. The lowest BCUT2D eigenvalue weighted by Gasteiger charge is -2.11. The lowest BCUT2D eigenvalue weighted by Crippen LogP contribution is -2.34. The molecular formula is C10H16N2O2S2. The minimum atomic E-state index is -3.09. The van der Waals surface area contributed by atoms with E-state index in [0.29, 0.717) is 13.0 Å². The maximum Gasteiger partial charge on any atom is 0.214 e. The maximum atomic E-state index is 11.8. The Hall–Kier alpha value is -0.460. The lowest BCUT2D eigenvalue weighted by molar-refractivity contribution is 0.564. The van der Waals surface area contributed by atoms with Crippen LogP contribution in [0, 0.1) is 0 Å². The molecule has 1 heterocycles. The first-order valence-electron chi connectivity index (χ1n) is 5.54. The van der Waals surface area contributed by atoms with E-state index in [-0.39, 0.29) is 5.25 Å². The first kappa shape index (κ1) is 12.0. The minimum Gasteiger partial charge on any atom is -0.250 e. The average molecular weight is 260 g/mol. The molecule has 0 aromatic carbocycles. The number of sulfonamides is 1. The Bertz CT molecular complexity index is 408. The summed E-state index contributed by atoms with van der Waals surface area (Å²) in [7, 11) is -3.09. The third kappa shape index (κ3) is 3.02. The summed E-state index contributed by atoms with van der Waals surface area (Å²) < 4.78 is 26.3. The lowest BCUT2D eigenvalue weighted by atomic mass is 10.3. The van der Waals surface area contributed by atoms with Crippen LogP contribution in [0.2, 0.25) is 0 Å². The zero-order chi connectivity index (χ0) is 11.4. The number of nitrogens with zero attached hydrogens (tertiary/aromatic N) is 1. The molecule has 1 aromatic heterocycles. The van der Waals surface area contributed by atoms with E-state index in [1.165, 1.54) is 11.3 Å². The highest BCUT2D eigenvalue weighted by atomic mass is 32.2. The van der Waals surface area contributed by atoms with Gasteiger partial charge in [0.15, 0.2) is 0 Å². The van der Waals surface area contributed by atoms with E-state index in [0.717, 1.165) is 31.4 Å². The summed E-state index contributed by atoms with van der Waals surface area (Å²) in [6, 6.07) is 0. The molecule has 1 aromatic rings. The molecule has 90 valence electrons. The quantitative estimate of drug-likeness (QED) is 0.874. The van der Waals surface area contributed by atoms with Crippen molar-refractivity contribution in [3.8, 4) is 0 Å². The summed E-state index contributed by atoms with van der Waals surface area (Å²) in [4.78, 5) is 4.12. The summed E-state index contributed by atoms with van der Waals surface area (Å²) in [5.74, 6) is 0. The third-order valence-electron chi connectivity index (χ3n) is 2.91. The number of nitrogens with one attached hydrogen (secondary N) is 1. The Morgan fingerprint density at radius 1 is 1.44 bits per heavy atom. The molecule has 0 bridgehead atoms. The molecule has 0 aliphatic heterocycles. The van der Waals surface area contributed by atoms with Gasteiger partial charge in [0.25, 0.3) is 0 Å². The molecule has 1 aliphatic rings. The smallest absolute Gasteiger partial charge is 0.214 e. The van der Waals surface area contributed by atoms with Crippen molar-refractivity contribution in [1.29, 1.82) is 0 Å². The Labute approximate surface area is 100 Å². The molecule has 0 saturated heterocycles. The molecule has 1 aliphatic carbocycles. The molecule has 4 nitrogen and oxygen atoms in total. The highest BCUT2D eigenvalue weighted by Crippen LogP contribution is 2.23. The van der Waals surface area contributed by atoms with Crippen molar-refractivity contribution in [2.45, 2.75) is 37.4 Å². The van der Waals surface area contributed by atoms with Crippen molar-refractivity contribution in [2.24, 2.45) is 0 Å². The van der Waals surface area contributed by atoms with Gasteiger partial charge in [-0.25, -0.2) is 18.1 Å². The van der Waals surface area contributed by atoms with Gasteiger partial charge in [-0.2, -0.15) is 0 Å². The summed E-state index contributed by atoms with van der Waals surface area (Å²) in [6.07, 6.45) is 4.38. The van der Waals surface area contributed by atoms with Gasteiger partial charge >= 0.3 is 0 Å². The van der Waals surface area contributed by atoms with Gasteiger partial charge in [0.1, 0.15) is 0 Å². The zero-order valence-corrected chi connectivity index (χ0v) is 10.7. The van der Waals surface area contributed by atoms with Gasteiger partial charge in [0.05, 0.1) is 16.5 Å². The maximum absolute atomic E-state index is 11.8. The number of thiazole rings is 1. The van der Waals surface area contributed by atoms with Gasteiger partial charge < -0.3 is 0 Å². The van der Waals surface area contributed by atoms with Crippen LogP contribution in [-0.2, 0) is 16.4 Å². The standard InChI is InChI=1S/C10H16N2O2S2/c13-16(14,10-3-1-2-4-10)12-6-5-9-7-15-8-11-9/h7-8,10,12H,1-6H2. The first-order valence-corrected chi connectivity index (χ1v) is 8.03. The second kappa shape index (κ2) is 5.25. The predicted octanol–water partition coefficient (Wildman–Crippen LogP) is 1.55. The summed E-state index contributed by atoms with van der Waals surface area (Å²) in [6.45, 7) is 0.461. The summed E-state index contributed by atoms with van der Waals surface area (Å²) in [5, 5.41) is 1.78. The largest absolute Gasteiger partial charge is 0.250 e. The molecule has 1 saturated carbocycles. The predicted molar refractivity (Wildman–Crippen MR) is 65.0 cm³/mol. The monoisotopic (exact) mass is 260 g/mol. The van der Waals surface area contributed by atoms with Gasteiger partial charge in [-0.3, -0.25) is 0 Å². The molecule has 0 atom stereocenters. The van der Waals surface area contributed by atoms with E-state index >= 15 is 0 Å². The van der Waals surface area contributed by atoms with Crippen LogP contribution in [0.25, 0.3) is 0 Å². The average Bonchev–Trinajstić information content (AvgIpc) is 2.90. The highest BCUT2D eigenvalue weighted by molar-refractivity contribution is 7.90.